The Hall–Kier alpha value is -4.91. The Morgan fingerprint density at radius 2 is 1.54 bits per heavy atom. The van der Waals surface area contributed by atoms with Crippen LogP contribution in [0.3, 0.4) is 0 Å². The van der Waals surface area contributed by atoms with Gasteiger partial charge in [-0.25, -0.2) is 4.79 Å². The van der Waals surface area contributed by atoms with Gasteiger partial charge in [0.2, 0.25) is 23.6 Å². The number of nitrogens with zero attached hydrogens (tertiary/aromatic N) is 3. The number of amides is 5. The molecule has 13 nitrogen and oxygen atoms in total. The minimum atomic E-state index is -1.30. The first-order valence-electron chi connectivity index (χ1n) is 19.2. The molecule has 0 bridgehead atoms. The number of fused-ring (bicyclic) bond motifs is 1. The first-order chi connectivity index (χ1) is 26.5. The summed E-state index contributed by atoms with van der Waals surface area (Å²) in [5.74, 6) is -3.35. The lowest BCUT2D eigenvalue weighted by Crippen LogP contribution is -2.60. The number of halogens is 1. The molecule has 304 valence electrons. The molecule has 2 fully saturated rings. The third-order valence-electron chi connectivity index (χ3n) is 10.8. The molecule has 0 aliphatic carbocycles. The van der Waals surface area contributed by atoms with Gasteiger partial charge in [-0.05, 0) is 62.8 Å². The normalized spacial score (nSPS) is 25.7. The van der Waals surface area contributed by atoms with E-state index in [-0.39, 0.29) is 37.3 Å². The largest absolute Gasteiger partial charge is 0.492 e. The van der Waals surface area contributed by atoms with Crippen molar-refractivity contribution in [3.63, 3.8) is 0 Å². The van der Waals surface area contributed by atoms with Gasteiger partial charge in [-0.15, -0.1) is 11.6 Å². The number of nitrogens with one attached hydrogen (secondary N) is 2. The molecule has 0 saturated carbocycles. The van der Waals surface area contributed by atoms with E-state index in [0.29, 0.717) is 30.6 Å². The minimum Gasteiger partial charge on any atom is -0.492 e. The van der Waals surface area contributed by atoms with Crippen molar-refractivity contribution < 1.29 is 38.2 Å². The summed E-state index contributed by atoms with van der Waals surface area (Å²) in [6.07, 6.45) is 0.175. The number of carbonyl (C=O) groups excluding carboxylic acids is 6. The lowest BCUT2D eigenvalue weighted by molar-refractivity contribution is -0.166. The van der Waals surface area contributed by atoms with E-state index in [1.54, 1.807) is 48.5 Å². The number of hydrogen-bond acceptors (Lipinski definition) is 8. The second kappa shape index (κ2) is 19.8. The molecule has 56 heavy (non-hydrogen) atoms. The fourth-order valence-electron chi connectivity index (χ4n) is 6.91. The Balaban J connectivity index is 1.72. The van der Waals surface area contributed by atoms with E-state index in [0.717, 1.165) is 11.1 Å². The Labute approximate surface area is 335 Å². The Morgan fingerprint density at radius 3 is 2.16 bits per heavy atom. The molecule has 2 aromatic carbocycles. The molecule has 2 aliphatic heterocycles. The molecule has 5 amide bonds. The summed E-state index contributed by atoms with van der Waals surface area (Å²) in [5.41, 5.74) is 2.18. The third-order valence-corrected chi connectivity index (χ3v) is 11.3. The monoisotopic (exact) mass is 793 g/mol. The second-order valence-corrected chi connectivity index (χ2v) is 15.5. The van der Waals surface area contributed by atoms with Crippen LogP contribution in [0.15, 0.2) is 66.7 Å². The number of hydrogen-bond donors (Lipinski definition) is 2. The molecule has 2 unspecified atom stereocenters. The fourth-order valence-corrected chi connectivity index (χ4v) is 6.97. The lowest BCUT2D eigenvalue weighted by Gasteiger charge is -2.36. The summed E-state index contributed by atoms with van der Waals surface area (Å²) < 4.78 is 11.7. The number of esters is 1. The standard InChI is InChI=1S/C42H56ClN5O8/c1-9-26(4)36-38(50)45-33(22-30-17-19-31(20-18-30)55-24-32(43)25(2)3)40(52)46(7)28(6)42(54)56-35(23-29-14-11-10-12-15-29)41(53)48-21-13-16-34(48)37(49)44-27(5)39(51)47(36)8/h10-12,14-15,17-20,26-28,32-36H,2,9,13,16,21-24H2,1,3-8H3,(H,44,49)(H,45,50)/t26-,27-,28-,32?,33-,34-,35?,36-/m0/s1. The van der Waals surface area contributed by atoms with Crippen LogP contribution in [0, 0.1) is 5.92 Å². The number of ether oxygens (including phenoxy) is 2. The smallest absolute Gasteiger partial charge is 0.329 e. The van der Waals surface area contributed by atoms with Gasteiger partial charge in [0.15, 0.2) is 6.10 Å². The van der Waals surface area contributed by atoms with Gasteiger partial charge in [-0.1, -0.05) is 74.9 Å². The van der Waals surface area contributed by atoms with Crippen molar-refractivity contribution in [2.24, 2.45) is 5.92 Å². The van der Waals surface area contributed by atoms with E-state index in [9.17, 15) is 28.8 Å². The van der Waals surface area contributed by atoms with E-state index in [4.69, 9.17) is 21.1 Å². The average molecular weight is 794 g/mol. The van der Waals surface area contributed by atoms with Crippen molar-refractivity contribution in [3.05, 3.63) is 77.9 Å². The van der Waals surface area contributed by atoms with Crippen molar-refractivity contribution in [1.82, 2.24) is 25.3 Å². The molecule has 14 heteroatoms. The molecule has 2 aliphatic rings. The first-order valence-corrected chi connectivity index (χ1v) is 19.7. The lowest BCUT2D eigenvalue weighted by atomic mass is 9.95. The summed E-state index contributed by atoms with van der Waals surface area (Å²) in [6, 6.07) is 10.7. The molecule has 0 spiro atoms. The Kier molecular flexibility index (Phi) is 15.5. The van der Waals surface area contributed by atoms with Crippen molar-refractivity contribution >= 4 is 47.1 Å². The third kappa shape index (κ3) is 10.9. The predicted octanol–water partition coefficient (Wildman–Crippen LogP) is 3.66. The number of likely N-dealkylation sites (N-methyl/N-ethyl adjacent to an activating group) is 2. The van der Waals surface area contributed by atoms with Gasteiger partial charge in [0.05, 0.1) is 5.38 Å². The van der Waals surface area contributed by atoms with Crippen LogP contribution in [0.1, 0.15) is 65.0 Å². The van der Waals surface area contributed by atoms with Gasteiger partial charge in [-0.3, -0.25) is 24.0 Å². The van der Waals surface area contributed by atoms with Crippen LogP contribution < -0.4 is 15.4 Å². The predicted molar refractivity (Wildman–Crippen MR) is 213 cm³/mol. The number of rotatable bonds is 10. The number of alkyl halides is 1. The van der Waals surface area contributed by atoms with E-state index in [2.05, 4.69) is 17.2 Å². The van der Waals surface area contributed by atoms with Gasteiger partial charge in [0, 0.05) is 33.5 Å². The topological polar surface area (TPSA) is 155 Å². The van der Waals surface area contributed by atoms with Crippen LogP contribution >= 0.6 is 11.6 Å². The van der Waals surface area contributed by atoms with Crippen LogP contribution in [0.25, 0.3) is 0 Å². The summed E-state index contributed by atoms with van der Waals surface area (Å²) in [4.78, 5) is 88.2. The van der Waals surface area contributed by atoms with Crippen LogP contribution in [0.2, 0.25) is 0 Å². The summed E-state index contributed by atoms with van der Waals surface area (Å²) in [6.45, 7) is 12.9. The van der Waals surface area contributed by atoms with E-state index < -0.39 is 71.8 Å². The fraction of sp³-hybridized carbons (Fsp3) is 0.524. The van der Waals surface area contributed by atoms with E-state index in [1.165, 1.54) is 42.6 Å². The molecule has 2 aromatic rings. The van der Waals surface area contributed by atoms with Crippen molar-refractivity contribution in [1.29, 1.82) is 0 Å². The molecular weight excluding hydrogens is 738 g/mol. The summed E-state index contributed by atoms with van der Waals surface area (Å²) in [5, 5.41) is 5.28. The highest BCUT2D eigenvalue weighted by molar-refractivity contribution is 6.22. The SMILES string of the molecule is C=C(C)C(Cl)COc1ccc(C[C@@H]2NC(=O)[C@H]([C@@H](C)CC)N(C)C(=O)[C@H](C)NC(=O)[C@@H]3CCCN3C(=O)C(Cc3ccccc3)OC(=O)[C@H](C)N(C)C2=O)cc1. The number of benzene rings is 2. The molecular formula is C42H56ClN5O8. The molecule has 2 heterocycles. The highest BCUT2D eigenvalue weighted by Crippen LogP contribution is 2.23. The maximum atomic E-state index is 14.4. The van der Waals surface area contributed by atoms with Crippen molar-refractivity contribution in [3.8, 4) is 5.75 Å². The zero-order valence-corrected chi connectivity index (χ0v) is 34.2. The van der Waals surface area contributed by atoms with E-state index in [1.807, 2.05) is 26.8 Å². The first kappa shape index (κ1) is 43.8. The van der Waals surface area contributed by atoms with Gasteiger partial charge in [-0.2, -0.15) is 0 Å². The molecule has 0 radical (unpaired) electrons. The molecule has 0 aromatic heterocycles. The molecule has 2 N–H and O–H groups in total. The zero-order chi connectivity index (χ0) is 41.3. The van der Waals surface area contributed by atoms with Crippen LogP contribution in [0.4, 0.5) is 0 Å². The highest BCUT2D eigenvalue weighted by atomic mass is 35.5. The maximum Gasteiger partial charge on any atom is 0.329 e. The number of cyclic esters (lactones) is 1. The quantitative estimate of drug-likeness (QED) is 0.210. The van der Waals surface area contributed by atoms with Crippen LogP contribution in [-0.4, -0.2) is 119 Å². The van der Waals surface area contributed by atoms with Gasteiger partial charge < -0.3 is 34.8 Å². The maximum absolute atomic E-state index is 14.4. The minimum absolute atomic E-state index is 0.0314. The van der Waals surface area contributed by atoms with E-state index >= 15 is 0 Å². The van der Waals surface area contributed by atoms with Gasteiger partial charge in [0.1, 0.15) is 42.6 Å². The second-order valence-electron chi connectivity index (χ2n) is 15.0. The highest BCUT2D eigenvalue weighted by Gasteiger charge is 2.42. The van der Waals surface area contributed by atoms with Gasteiger partial charge in [0.25, 0.3) is 5.91 Å². The Bertz CT molecular complexity index is 1740. The van der Waals surface area contributed by atoms with Crippen molar-refractivity contribution in [2.75, 3.05) is 27.2 Å². The molecule has 8 atom stereocenters. The van der Waals surface area contributed by atoms with Crippen LogP contribution in [-0.2, 0) is 46.3 Å². The zero-order valence-electron chi connectivity index (χ0n) is 33.5. The summed E-state index contributed by atoms with van der Waals surface area (Å²) >= 11 is 6.27. The summed E-state index contributed by atoms with van der Waals surface area (Å²) in [7, 11) is 2.93. The number of carbonyl (C=O) groups is 6. The average Bonchev–Trinajstić information content (AvgIpc) is 3.68. The van der Waals surface area contributed by atoms with Crippen LogP contribution in [0.5, 0.6) is 5.75 Å². The molecule has 4 rings (SSSR count). The van der Waals surface area contributed by atoms with Gasteiger partial charge >= 0.3 is 5.97 Å². The molecule has 2 saturated heterocycles. The van der Waals surface area contributed by atoms with Crippen molar-refractivity contribution in [2.45, 2.75) is 108 Å². The Morgan fingerprint density at radius 1 is 0.893 bits per heavy atom.